The van der Waals surface area contributed by atoms with Gasteiger partial charge in [0.15, 0.2) is 0 Å². The fourth-order valence-electron chi connectivity index (χ4n) is 2.83. The van der Waals surface area contributed by atoms with Gasteiger partial charge in [0.25, 0.3) is 0 Å². The predicted molar refractivity (Wildman–Crippen MR) is 72.6 cm³/mol. The molecule has 1 aliphatic carbocycles. The van der Waals surface area contributed by atoms with E-state index in [1.807, 2.05) is 6.07 Å². The number of furan rings is 1. The molecule has 2 aromatic rings. The number of rotatable bonds is 2. The van der Waals surface area contributed by atoms with Crippen LogP contribution in [0.3, 0.4) is 0 Å². The van der Waals surface area contributed by atoms with Crippen molar-refractivity contribution in [2.24, 2.45) is 0 Å². The van der Waals surface area contributed by atoms with Crippen LogP contribution < -0.4 is 4.74 Å². The molecule has 1 atom stereocenters. The fraction of sp³-hybridized carbons (Fsp3) is 0.333. The maximum absolute atomic E-state index is 11.1. The van der Waals surface area contributed by atoms with Crippen LogP contribution in [0.15, 0.2) is 34.9 Å². The van der Waals surface area contributed by atoms with Gasteiger partial charge in [-0.3, -0.25) is 0 Å². The van der Waals surface area contributed by atoms with Crippen LogP contribution in [0.5, 0.6) is 5.75 Å². The zero-order chi connectivity index (χ0) is 13.5. The number of benzene rings is 1. The molecule has 0 radical (unpaired) electrons. The summed E-state index contributed by atoms with van der Waals surface area (Å²) in [6.07, 6.45) is 3.98. The van der Waals surface area contributed by atoms with Gasteiger partial charge in [0.1, 0.15) is 17.1 Å². The van der Waals surface area contributed by atoms with E-state index in [2.05, 4.69) is 0 Å². The second-order valence-corrected chi connectivity index (χ2v) is 5.25. The van der Waals surface area contributed by atoms with E-state index in [9.17, 15) is 5.11 Å². The molecule has 0 bridgehead atoms. The highest BCUT2D eigenvalue weighted by molar-refractivity contribution is 6.30. The molecule has 100 valence electrons. The number of ether oxygens (including phenoxy) is 1. The van der Waals surface area contributed by atoms with Crippen molar-refractivity contribution < 1.29 is 14.3 Å². The van der Waals surface area contributed by atoms with Gasteiger partial charge in [-0.15, -0.1) is 0 Å². The molecule has 0 fully saturated rings. The number of fused-ring (bicyclic) bond motifs is 1. The summed E-state index contributed by atoms with van der Waals surface area (Å²) in [5.41, 5.74) is 0.431. The van der Waals surface area contributed by atoms with Crippen molar-refractivity contribution in [3.8, 4) is 5.75 Å². The zero-order valence-corrected chi connectivity index (χ0v) is 11.4. The van der Waals surface area contributed by atoms with Crippen molar-refractivity contribution >= 4 is 11.6 Å². The molecular weight excluding hydrogens is 264 g/mol. The highest BCUT2D eigenvalue weighted by atomic mass is 35.5. The minimum absolute atomic E-state index is 0.583. The Morgan fingerprint density at radius 2 is 2.16 bits per heavy atom. The summed E-state index contributed by atoms with van der Waals surface area (Å²) in [4.78, 5) is 0. The van der Waals surface area contributed by atoms with Gasteiger partial charge in [-0.05, 0) is 37.1 Å². The SMILES string of the molecule is COc1ccc(Cl)cc1C1(O)CCCc2occc21. The van der Waals surface area contributed by atoms with Crippen molar-refractivity contribution in [1.29, 1.82) is 0 Å². The fourth-order valence-corrected chi connectivity index (χ4v) is 3.00. The Labute approximate surface area is 116 Å². The maximum Gasteiger partial charge on any atom is 0.125 e. The minimum atomic E-state index is -1.09. The van der Waals surface area contributed by atoms with E-state index >= 15 is 0 Å². The molecule has 3 rings (SSSR count). The lowest BCUT2D eigenvalue weighted by atomic mass is 9.77. The summed E-state index contributed by atoms with van der Waals surface area (Å²) in [5.74, 6) is 1.48. The third-order valence-corrected chi connectivity index (χ3v) is 3.98. The van der Waals surface area contributed by atoms with E-state index in [4.69, 9.17) is 20.8 Å². The summed E-state index contributed by atoms with van der Waals surface area (Å²) in [7, 11) is 1.59. The van der Waals surface area contributed by atoms with E-state index in [1.165, 1.54) is 0 Å². The van der Waals surface area contributed by atoms with Gasteiger partial charge in [-0.2, -0.15) is 0 Å². The molecule has 19 heavy (non-hydrogen) atoms. The minimum Gasteiger partial charge on any atom is -0.496 e. The van der Waals surface area contributed by atoms with Crippen LogP contribution in [0.2, 0.25) is 5.02 Å². The molecule has 3 nitrogen and oxygen atoms in total. The second kappa shape index (κ2) is 4.58. The molecule has 1 aromatic carbocycles. The lowest BCUT2D eigenvalue weighted by molar-refractivity contribution is 0.0564. The Morgan fingerprint density at radius 3 is 2.95 bits per heavy atom. The molecule has 4 heteroatoms. The first-order chi connectivity index (χ1) is 9.15. The molecule has 0 saturated carbocycles. The topological polar surface area (TPSA) is 42.6 Å². The summed E-state index contributed by atoms with van der Waals surface area (Å²) in [6.45, 7) is 0. The van der Waals surface area contributed by atoms with E-state index in [0.29, 0.717) is 22.8 Å². The Bertz CT molecular complexity index is 605. The average Bonchev–Trinajstić information content (AvgIpc) is 2.89. The number of aliphatic hydroxyl groups is 1. The highest BCUT2D eigenvalue weighted by Gasteiger charge is 2.40. The Balaban J connectivity index is 2.19. The molecule has 1 aliphatic rings. The van der Waals surface area contributed by atoms with Gasteiger partial charge in [-0.25, -0.2) is 0 Å². The number of hydrogen-bond donors (Lipinski definition) is 1. The summed E-state index contributed by atoms with van der Waals surface area (Å²) in [5, 5.41) is 11.7. The lowest BCUT2D eigenvalue weighted by Crippen LogP contribution is -2.31. The summed E-state index contributed by atoms with van der Waals surface area (Å²) in [6, 6.07) is 7.13. The lowest BCUT2D eigenvalue weighted by Gasteiger charge is -2.33. The van der Waals surface area contributed by atoms with Gasteiger partial charge in [0.05, 0.1) is 13.4 Å². The first-order valence-corrected chi connectivity index (χ1v) is 6.66. The van der Waals surface area contributed by atoms with Crippen molar-refractivity contribution in [1.82, 2.24) is 0 Å². The Kier molecular flexibility index (Phi) is 3.03. The van der Waals surface area contributed by atoms with Crippen LogP contribution in [0, 0.1) is 0 Å². The Morgan fingerprint density at radius 1 is 1.32 bits per heavy atom. The Hall–Kier alpha value is -1.45. The van der Waals surface area contributed by atoms with E-state index in [0.717, 1.165) is 24.2 Å². The maximum atomic E-state index is 11.1. The smallest absolute Gasteiger partial charge is 0.125 e. The zero-order valence-electron chi connectivity index (χ0n) is 10.6. The summed E-state index contributed by atoms with van der Waals surface area (Å²) < 4.78 is 10.8. The predicted octanol–water partition coefficient (Wildman–Crippen LogP) is 3.51. The highest BCUT2D eigenvalue weighted by Crippen LogP contribution is 2.45. The van der Waals surface area contributed by atoms with Crippen LogP contribution in [0.25, 0.3) is 0 Å². The number of hydrogen-bond acceptors (Lipinski definition) is 3. The number of methoxy groups -OCH3 is 1. The molecule has 0 saturated heterocycles. The molecule has 0 amide bonds. The van der Waals surface area contributed by atoms with Crippen LogP contribution in [0.1, 0.15) is 29.7 Å². The molecule has 0 spiro atoms. The van der Waals surface area contributed by atoms with Crippen LogP contribution in [-0.4, -0.2) is 12.2 Å². The normalized spacial score (nSPS) is 22.1. The molecule has 1 unspecified atom stereocenters. The molecular formula is C15H15ClO3. The molecule has 1 aromatic heterocycles. The van der Waals surface area contributed by atoms with Gasteiger partial charge in [0.2, 0.25) is 0 Å². The van der Waals surface area contributed by atoms with Crippen LogP contribution in [0.4, 0.5) is 0 Å². The van der Waals surface area contributed by atoms with Gasteiger partial charge < -0.3 is 14.3 Å². The largest absolute Gasteiger partial charge is 0.496 e. The van der Waals surface area contributed by atoms with Crippen molar-refractivity contribution in [3.63, 3.8) is 0 Å². The van der Waals surface area contributed by atoms with Gasteiger partial charge >= 0.3 is 0 Å². The average molecular weight is 279 g/mol. The van der Waals surface area contributed by atoms with Gasteiger partial charge in [0, 0.05) is 22.6 Å². The molecule has 1 heterocycles. The molecule has 0 aliphatic heterocycles. The summed E-state index contributed by atoms with van der Waals surface area (Å²) >= 11 is 6.07. The standard InChI is InChI=1S/C15H15ClO3/c1-18-13-5-4-10(16)9-12(13)15(17)7-2-3-14-11(15)6-8-19-14/h4-6,8-9,17H,2-3,7H2,1H3. The second-order valence-electron chi connectivity index (χ2n) is 4.82. The van der Waals surface area contributed by atoms with Gasteiger partial charge in [-0.1, -0.05) is 11.6 Å². The third-order valence-electron chi connectivity index (χ3n) is 3.74. The number of halogens is 1. The monoisotopic (exact) mass is 278 g/mol. The first-order valence-electron chi connectivity index (χ1n) is 6.28. The van der Waals surface area contributed by atoms with Crippen molar-refractivity contribution in [3.05, 3.63) is 52.4 Å². The van der Waals surface area contributed by atoms with Crippen LogP contribution in [-0.2, 0) is 12.0 Å². The van der Waals surface area contributed by atoms with E-state index < -0.39 is 5.60 Å². The van der Waals surface area contributed by atoms with E-state index in [-0.39, 0.29) is 0 Å². The van der Waals surface area contributed by atoms with Crippen molar-refractivity contribution in [2.75, 3.05) is 7.11 Å². The quantitative estimate of drug-likeness (QED) is 0.914. The van der Waals surface area contributed by atoms with Crippen LogP contribution >= 0.6 is 11.6 Å². The number of aryl methyl sites for hydroxylation is 1. The third kappa shape index (κ3) is 1.94. The van der Waals surface area contributed by atoms with Crippen molar-refractivity contribution in [2.45, 2.75) is 24.9 Å². The first kappa shape index (κ1) is 12.6. The molecule has 1 N–H and O–H groups in total. The van der Waals surface area contributed by atoms with E-state index in [1.54, 1.807) is 31.6 Å².